The maximum atomic E-state index is 11.5. The Hall–Kier alpha value is -1.07. The van der Waals surface area contributed by atoms with E-state index < -0.39 is 10.1 Å². The minimum Gasteiger partial charge on any atom is -0.508 e. The first-order valence-corrected chi connectivity index (χ1v) is 7.17. The summed E-state index contributed by atoms with van der Waals surface area (Å²) in [6.45, 7) is 0. The number of hydrogen-bond donors (Lipinski definition) is 1. The third kappa shape index (κ3) is 3.20. The Morgan fingerprint density at radius 3 is 2.71 bits per heavy atom. The van der Waals surface area contributed by atoms with Crippen molar-refractivity contribution in [1.82, 2.24) is 0 Å². The summed E-state index contributed by atoms with van der Waals surface area (Å²) < 4.78 is 27.5. The Kier molecular flexibility index (Phi) is 3.40. The van der Waals surface area contributed by atoms with Crippen LogP contribution in [0.1, 0.15) is 24.3 Å². The third-order valence-corrected chi connectivity index (χ3v) is 4.40. The highest BCUT2D eigenvalue weighted by molar-refractivity contribution is 7.86. The molecule has 0 radical (unpaired) electrons. The van der Waals surface area contributed by atoms with Gasteiger partial charge in [-0.25, -0.2) is 0 Å². The van der Waals surface area contributed by atoms with E-state index in [1.165, 1.54) is 7.11 Å². The van der Waals surface area contributed by atoms with Crippen molar-refractivity contribution >= 4 is 10.1 Å². The van der Waals surface area contributed by atoms with Crippen LogP contribution in [0.4, 0.5) is 0 Å². The molecule has 4 nitrogen and oxygen atoms in total. The predicted molar refractivity (Wildman–Crippen MR) is 64.4 cm³/mol. The lowest BCUT2D eigenvalue weighted by molar-refractivity contribution is 0.392. The van der Waals surface area contributed by atoms with Gasteiger partial charge in [-0.05, 0) is 36.5 Å². The molecule has 5 heteroatoms. The van der Waals surface area contributed by atoms with Gasteiger partial charge in [0.1, 0.15) is 5.75 Å². The summed E-state index contributed by atoms with van der Waals surface area (Å²) in [6, 6.07) is 6.81. The van der Waals surface area contributed by atoms with Gasteiger partial charge in [0.25, 0.3) is 10.1 Å². The Morgan fingerprint density at radius 1 is 1.47 bits per heavy atom. The molecule has 1 aromatic carbocycles. The van der Waals surface area contributed by atoms with Gasteiger partial charge in [0.05, 0.1) is 12.9 Å². The summed E-state index contributed by atoms with van der Waals surface area (Å²) in [5.41, 5.74) is 0.869. The van der Waals surface area contributed by atoms with E-state index in [4.69, 9.17) is 0 Å². The smallest absolute Gasteiger partial charge is 0.267 e. The largest absolute Gasteiger partial charge is 0.508 e. The van der Waals surface area contributed by atoms with E-state index in [-0.39, 0.29) is 17.4 Å². The second-order valence-corrected chi connectivity index (χ2v) is 6.21. The van der Waals surface area contributed by atoms with Gasteiger partial charge in [0.2, 0.25) is 0 Å². The molecule has 1 fully saturated rings. The first-order chi connectivity index (χ1) is 8.02. The topological polar surface area (TPSA) is 63.6 Å². The van der Waals surface area contributed by atoms with Gasteiger partial charge >= 0.3 is 0 Å². The summed E-state index contributed by atoms with van der Waals surface area (Å²) in [7, 11) is -2.28. The molecule has 1 aromatic rings. The van der Waals surface area contributed by atoms with Gasteiger partial charge in [-0.15, -0.1) is 0 Å². The van der Waals surface area contributed by atoms with E-state index >= 15 is 0 Å². The highest BCUT2D eigenvalue weighted by Crippen LogP contribution is 2.43. The lowest BCUT2D eigenvalue weighted by atomic mass is 9.96. The number of benzene rings is 1. The molecule has 1 unspecified atom stereocenters. The molecule has 0 bridgehead atoms. The molecule has 17 heavy (non-hydrogen) atoms. The molecule has 1 aliphatic carbocycles. The van der Waals surface area contributed by atoms with Crippen LogP contribution in [-0.4, -0.2) is 26.4 Å². The third-order valence-electron chi connectivity index (χ3n) is 3.13. The molecular weight excluding hydrogens is 240 g/mol. The maximum Gasteiger partial charge on any atom is 0.267 e. The van der Waals surface area contributed by atoms with E-state index in [0.29, 0.717) is 5.92 Å². The van der Waals surface area contributed by atoms with E-state index in [1.54, 1.807) is 18.2 Å². The van der Waals surface area contributed by atoms with E-state index in [9.17, 15) is 13.5 Å². The molecule has 1 saturated carbocycles. The molecule has 0 saturated heterocycles. The second-order valence-electron chi connectivity index (χ2n) is 4.43. The minimum absolute atomic E-state index is 0.0162. The Labute approximate surface area is 101 Å². The molecule has 1 N–H and O–H groups in total. The van der Waals surface area contributed by atoms with Crippen molar-refractivity contribution in [2.24, 2.45) is 5.92 Å². The first-order valence-electron chi connectivity index (χ1n) is 5.59. The monoisotopic (exact) mass is 256 g/mol. The van der Waals surface area contributed by atoms with Gasteiger partial charge in [-0.1, -0.05) is 12.1 Å². The fourth-order valence-corrected chi connectivity index (χ4v) is 3.09. The van der Waals surface area contributed by atoms with Crippen LogP contribution in [0.25, 0.3) is 0 Å². The molecule has 0 aliphatic heterocycles. The van der Waals surface area contributed by atoms with Crippen LogP contribution in [-0.2, 0) is 14.3 Å². The molecule has 94 valence electrons. The van der Waals surface area contributed by atoms with Crippen molar-refractivity contribution in [3.8, 4) is 5.75 Å². The van der Waals surface area contributed by atoms with E-state index in [1.807, 2.05) is 6.07 Å². The molecule has 1 atom stereocenters. The van der Waals surface area contributed by atoms with E-state index in [2.05, 4.69) is 4.18 Å². The van der Waals surface area contributed by atoms with Crippen LogP contribution in [0.2, 0.25) is 0 Å². The fraction of sp³-hybridized carbons (Fsp3) is 0.500. The predicted octanol–water partition coefficient (Wildman–Crippen LogP) is 1.86. The van der Waals surface area contributed by atoms with Crippen molar-refractivity contribution in [3.05, 3.63) is 29.8 Å². The average molecular weight is 256 g/mol. The zero-order valence-electron chi connectivity index (χ0n) is 9.67. The van der Waals surface area contributed by atoms with Gasteiger partial charge in [0.15, 0.2) is 0 Å². The average Bonchev–Trinajstić information content (AvgIpc) is 3.10. The van der Waals surface area contributed by atoms with Crippen molar-refractivity contribution in [2.75, 3.05) is 12.9 Å². The molecule has 0 heterocycles. The van der Waals surface area contributed by atoms with Crippen LogP contribution < -0.4 is 0 Å². The molecule has 0 amide bonds. The quantitative estimate of drug-likeness (QED) is 0.817. The molecule has 0 spiro atoms. The standard InChI is InChI=1S/C12H16O4S/c1-16-17(14,15)8-12(9-5-6-9)10-3-2-4-11(13)7-10/h2-4,7,9,12-13H,5-6,8H2,1H3. The summed E-state index contributed by atoms with van der Waals surface area (Å²) >= 11 is 0. The maximum absolute atomic E-state index is 11.5. The fourth-order valence-electron chi connectivity index (χ4n) is 2.05. The summed E-state index contributed by atoms with van der Waals surface area (Å²) in [4.78, 5) is 0. The zero-order valence-corrected chi connectivity index (χ0v) is 10.5. The Balaban J connectivity index is 2.24. The van der Waals surface area contributed by atoms with Crippen molar-refractivity contribution in [2.45, 2.75) is 18.8 Å². The number of aromatic hydroxyl groups is 1. The Bertz CT molecular complexity index is 491. The molecule has 1 aliphatic rings. The number of hydrogen-bond acceptors (Lipinski definition) is 4. The van der Waals surface area contributed by atoms with Gasteiger partial charge in [0, 0.05) is 5.92 Å². The first kappa shape index (κ1) is 12.4. The van der Waals surface area contributed by atoms with Crippen molar-refractivity contribution < 1.29 is 17.7 Å². The zero-order chi connectivity index (χ0) is 12.5. The lowest BCUT2D eigenvalue weighted by Gasteiger charge is -2.16. The van der Waals surface area contributed by atoms with Crippen LogP contribution >= 0.6 is 0 Å². The van der Waals surface area contributed by atoms with Gasteiger partial charge in [-0.2, -0.15) is 8.42 Å². The van der Waals surface area contributed by atoms with Gasteiger partial charge in [-0.3, -0.25) is 4.18 Å². The molecule has 0 aromatic heterocycles. The SMILES string of the molecule is COS(=O)(=O)CC(c1cccc(O)c1)C1CC1. The van der Waals surface area contributed by atoms with Gasteiger partial charge < -0.3 is 5.11 Å². The Morgan fingerprint density at radius 2 is 2.18 bits per heavy atom. The van der Waals surface area contributed by atoms with Crippen LogP contribution in [0.15, 0.2) is 24.3 Å². The molecular formula is C12H16O4S. The minimum atomic E-state index is -3.47. The number of phenols is 1. The van der Waals surface area contributed by atoms with Crippen LogP contribution in [0.5, 0.6) is 5.75 Å². The molecule has 2 rings (SSSR count). The number of phenolic OH excluding ortho intramolecular Hbond substituents is 1. The van der Waals surface area contributed by atoms with Crippen molar-refractivity contribution in [1.29, 1.82) is 0 Å². The number of rotatable bonds is 5. The lowest BCUT2D eigenvalue weighted by Crippen LogP contribution is -2.17. The van der Waals surface area contributed by atoms with Crippen molar-refractivity contribution in [3.63, 3.8) is 0 Å². The highest BCUT2D eigenvalue weighted by atomic mass is 32.2. The van der Waals surface area contributed by atoms with E-state index in [0.717, 1.165) is 18.4 Å². The summed E-state index contributed by atoms with van der Waals surface area (Å²) in [6.07, 6.45) is 2.08. The van der Waals surface area contributed by atoms with Crippen LogP contribution in [0, 0.1) is 5.92 Å². The highest BCUT2D eigenvalue weighted by Gasteiger charge is 2.35. The second kappa shape index (κ2) is 4.66. The van der Waals surface area contributed by atoms with Crippen LogP contribution in [0.3, 0.4) is 0 Å². The summed E-state index contributed by atoms with van der Waals surface area (Å²) in [5.74, 6) is 0.467. The normalized spacial score (nSPS) is 17.9. The summed E-state index contributed by atoms with van der Waals surface area (Å²) in [5, 5.41) is 9.44.